The third kappa shape index (κ3) is 2.79. The molecule has 1 saturated heterocycles. The van der Waals surface area contributed by atoms with E-state index in [0.717, 1.165) is 0 Å². The number of aliphatic hydroxyl groups excluding tert-OH is 1. The lowest BCUT2D eigenvalue weighted by Crippen LogP contribution is -2.31. The molecule has 2 atom stereocenters. The molecule has 0 bridgehead atoms. The first-order valence-electron chi connectivity index (χ1n) is 6.47. The van der Waals surface area contributed by atoms with Gasteiger partial charge in [-0.3, -0.25) is 0 Å². The molecule has 1 fully saturated rings. The van der Waals surface area contributed by atoms with Crippen molar-refractivity contribution in [2.45, 2.75) is 31.3 Å². The second kappa shape index (κ2) is 5.52. The number of nitrogens with zero attached hydrogens (tertiary/aromatic N) is 1. The van der Waals surface area contributed by atoms with Crippen LogP contribution in [0, 0.1) is 12.8 Å². The first kappa shape index (κ1) is 15.6. The molecule has 1 aliphatic rings. The van der Waals surface area contributed by atoms with E-state index < -0.39 is 16.1 Å². The number of benzene rings is 1. The summed E-state index contributed by atoms with van der Waals surface area (Å²) in [5.74, 6) is -0.0188. The monoisotopic (exact) mass is 318 g/mol. The lowest BCUT2D eigenvalue weighted by atomic mass is 10.0. The molecule has 3 N–H and O–H groups in total. The molecule has 2 unspecified atom stereocenters. The van der Waals surface area contributed by atoms with E-state index in [2.05, 4.69) is 0 Å². The number of aliphatic hydroxyl groups is 1. The van der Waals surface area contributed by atoms with Gasteiger partial charge < -0.3 is 10.8 Å². The van der Waals surface area contributed by atoms with E-state index in [0.29, 0.717) is 30.1 Å². The summed E-state index contributed by atoms with van der Waals surface area (Å²) in [4.78, 5) is 0.186. The first-order valence-corrected chi connectivity index (χ1v) is 8.29. The maximum absolute atomic E-state index is 12.6. The van der Waals surface area contributed by atoms with Gasteiger partial charge in [-0.1, -0.05) is 11.6 Å². The highest BCUT2D eigenvalue weighted by Crippen LogP contribution is 2.31. The summed E-state index contributed by atoms with van der Waals surface area (Å²) < 4.78 is 26.7. The zero-order chi connectivity index (χ0) is 15.1. The summed E-state index contributed by atoms with van der Waals surface area (Å²) in [5.41, 5.74) is 6.53. The first-order chi connectivity index (χ1) is 9.23. The summed E-state index contributed by atoms with van der Waals surface area (Å²) in [5, 5.41) is 9.93. The Morgan fingerprint density at radius 2 is 2.15 bits per heavy atom. The minimum Gasteiger partial charge on any atom is -0.397 e. The van der Waals surface area contributed by atoms with E-state index in [9.17, 15) is 13.5 Å². The van der Waals surface area contributed by atoms with Crippen LogP contribution in [0.2, 0.25) is 5.02 Å². The number of nitrogens with two attached hydrogens (primary N) is 1. The summed E-state index contributed by atoms with van der Waals surface area (Å²) in [6.45, 7) is 4.13. The van der Waals surface area contributed by atoms with Gasteiger partial charge in [0.25, 0.3) is 0 Å². The zero-order valence-corrected chi connectivity index (χ0v) is 13.1. The fourth-order valence-corrected chi connectivity index (χ4v) is 4.42. The summed E-state index contributed by atoms with van der Waals surface area (Å²) in [6.07, 6.45) is 0.158. The second-order valence-electron chi connectivity index (χ2n) is 5.29. The van der Waals surface area contributed by atoms with Crippen molar-refractivity contribution in [3.63, 3.8) is 0 Å². The molecule has 0 saturated carbocycles. The molecular formula is C13H19ClN2O3S. The smallest absolute Gasteiger partial charge is 0.243 e. The molecule has 1 aliphatic heterocycles. The Kier molecular flexibility index (Phi) is 4.30. The average Bonchev–Trinajstić information content (AvgIpc) is 2.83. The molecule has 0 radical (unpaired) electrons. The molecule has 2 rings (SSSR count). The Morgan fingerprint density at radius 3 is 2.70 bits per heavy atom. The Balaban J connectivity index is 2.35. The molecule has 0 aromatic heterocycles. The van der Waals surface area contributed by atoms with Crippen LogP contribution in [-0.2, 0) is 10.0 Å². The SMILES string of the molecule is Cc1cc(Cl)c(N)cc1S(=O)(=O)N1CCC(C(C)O)C1. The van der Waals surface area contributed by atoms with Crippen molar-refractivity contribution in [2.75, 3.05) is 18.8 Å². The van der Waals surface area contributed by atoms with Crippen molar-refractivity contribution in [2.24, 2.45) is 5.92 Å². The number of halogens is 1. The fourth-order valence-electron chi connectivity index (χ4n) is 2.45. The van der Waals surface area contributed by atoms with Crippen molar-refractivity contribution >= 4 is 27.3 Å². The molecule has 0 aliphatic carbocycles. The average molecular weight is 319 g/mol. The molecule has 0 spiro atoms. The molecule has 0 amide bonds. The third-order valence-electron chi connectivity index (χ3n) is 3.78. The van der Waals surface area contributed by atoms with Crippen molar-refractivity contribution in [3.8, 4) is 0 Å². The quantitative estimate of drug-likeness (QED) is 0.830. The van der Waals surface area contributed by atoms with Crippen LogP contribution < -0.4 is 5.73 Å². The number of anilines is 1. The lowest BCUT2D eigenvalue weighted by Gasteiger charge is -2.19. The summed E-state index contributed by atoms with van der Waals surface area (Å²) >= 11 is 5.89. The van der Waals surface area contributed by atoms with Gasteiger partial charge in [-0.25, -0.2) is 8.42 Å². The minimum atomic E-state index is -3.59. The highest BCUT2D eigenvalue weighted by molar-refractivity contribution is 7.89. The van der Waals surface area contributed by atoms with Gasteiger partial charge in [-0.15, -0.1) is 0 Å². The Bertz CT molecular complexity index is 616. The molecule has 1 heterocycles. The summed E-state index contributed by atoms with van der Waals surface area (Å²) in [6, 6.07) is 2.97. The van der Waals surface area contributed by atoms with E-state index in [1.165, 1.54) is 10.4 Å². The largest absolute Gasteiger partial charge is 0.397 e. The van der Waals surface area contributed by atoms with Crippen LogP contribution in [0.25, 0.3) is 0 Å². The highest BCUT2D eigenvalue weighted by Gasteiger charge is 2.35. The van der Waals surface area contributed by atoms with E-state index in [-0.39, 0.29) is 16.5 Å². The standard InChI is InChI=1S/C13H19ClN2O3S/c1-8-5-11(14)12(15)6-13(8)20(18,19)16-4-3-10(7-16)9(2)17/h5-6,9-10,17H,3-4,7,15H2,1-2H3. The number of rotatable bonds is 3. The number of aryl methyl sites for hydroxylation is 1. The molecule has 1 aromatic carbocycles. The fraction of sp³-hybridized carbons (Fsp3) is 0.538. The van der Waals surface area contributed by atoms with E-state index in [1.807, 2.05) is 0 Å². The van der Waals surface area contributed by atoms with Crippen molar-refractivity contribution in [3.05, 3.63) is 22.7 Å². The number of nitrogen functional groups attached to an aromatic ring is 1. The van der Waals surface area contributed by atoms with Crippen molar-refractivity contribution < 1.29 is 13.5 Å². The van der Waals surface area contributed by atoms with Gasteiger partial charge in [-0.2, -0.15) is 4.31 Å². The molecule has 5 nitrogen and oxygen atoms in total. The molecule has 20 heavy (non-hydrogen) atoms. The predicted octanol–water partition coefficient (Wildman–Crippen LogP) is 1.62. The molecule has 112 valence electrons. The van der Waals surface area contributed by atoms with Crippen LogP contribution in [0.5, 0.6) is 0 Å². The second-order valence-corrected chi connectivity index (χ2v) is 7.61. The van der Waals surface area contributed by atoms with Gasteiger partial charge in [0.05, 0.1) is 21.7 Å². The van der Waals surface area contributed by atoms with Crippen LogP contribution in [0.15, 0.2) is 17.0 Å². The topological polar surface area (TPSA) is 83.6 Å². The van der Waals surface area contributed by atoms with Crippen LogP contribution in [0.1, 0.15) is 18.9 Å². The number of hydrogen-bond donors (Lipinski definition) is 2. The van der Waals surface area contributed by atoms with Gasteiger partial charge in [0, 0.05) is 13.1 Å². The van der Waals surface area contributed by atoms with Gasteiger partial charge >= 0.3 is 0 Å². The maximum Gasteiger partial charge on any atom is 0.243 e. The molecular weight excluding hydrogens is 300 g/mol. The van der Waals surface area contributed by atoms with Gasteiger partial charge in [-0.05, 0) is 43.9 Å². The van der Waals surface area contributed by atoms with Crippen LogP contribution in [0.4, 0.5) is 5.69 Å². The van der Waals surface area contributed by atoms with Gasteiger partial charge in [0.2, 0.25) is 10.0 Å². The molecule has 1 aromatic rings. The van der Waals surface area contributed by atoms with Gasteiger partial charge in [0.1, 0.15) is 0 Å². The highest BCUT2D eigenvalue weighted by atomic mass is 35.5. The van der Waals surface area contributed by atoms with E-state index >= 15 is 0 Å². The lowest BCUT2D eigenvalue weighted by molar-refractivity contribution is 0.133. The predicted molar refractivity (Wildman–Crippen MR) is 79.1 cm³/mol. The van der Waals surface area contributed by atoms with Gasteiger partial charge in [0.15, 0.2) is 0 Å². The zero-order valence-electron chi connectivity index (χ0n) is 11.5. The Labute approximate surface area is 124 Å². The summed E-state index contributed by atoms with van der Waals surface area (Å²) in [7, 11) is -3.59. The van der Waals surface area contributed by atoms with E-state index in [1.54, 1.807) is 19.9 Å². The van der Waals surface area contributed by atoms with E-state index in [4.69, 9.17) is 17.3 Å². The third-order valence-corrected chi connectivity index (χ3v) is 6.12. The van der Waals surface area contributed by atoms with Crippen LogP contribution >= 0.6 is 11.6 Å². The maximum atomic E-state index is 12.6. The Hall–Kier alpha value is -0.820. The minimum absolute atomic E-state index is 0.0188. The molecule has 7 heteroatoms. The van der Waals surface area contributed by atoms with Crippen molar-refractivity contribution in [1.29, 1.82) is 0 Å². The Morgan fingerprint density at radius 1 is 1.50 bits per heavy atom. The normalized spacial score (nSPS) is 22.1. The van der Waals surface area contributed by atoms with Crippen molar-refractivity contribution in [1.82, 2.24) is 4.31 Å². The van der Waals surface area contributed by atoms with Crippen LogP contribution in [-0.4, -0.2) is 37.0 Å². The number of hydrogen-bond acceptors (Lipinski definition) is 4. The number of sulfonamides is 1. The van der Waals surface area contributed by atoms with Crippen LogP contribution in [0.3, 0.4) is 0 Å².